The molecule has 2 aromatic heterocycles. The normalized spacial score (nSPS) is 10.5. The zero-order valence-corrected chi connectivity index (χ0v) is 8.34. The van der Waals surface area contributed by atoms with Crippen molar-refractivity contribution in [3.8, 4) is 0 Å². The van der Waals surface area contributed by atoms with E-state index in [2.05, 4.69) is 20.4 Å². The molecule has 78 valence electrons. The molecular weight excluding hydrogens is 194 g/mol. The topological polar surface area (TPSA) is 76.5 Å². The lowest BCUT2D eigenvalue weighted by molar-refractivity contribution is 0.0985. The monoisotopic (exact) mass is 205 g/mol. The highest BCUT2D eigenvalue weighted by atomic mass is 16.1. The summed E-state index contributed by atoms with van der Waals surface area (Å²) in [5.74, 6) is 0.676. The Labute approximate surface area is 86.3 Å². The molecule has 0 spiro atoms. The molecule has 15 heavy (non-hydrogen) atoms. The van der Waals surface area contributed by atoms with E-state index in [0.29, 0.717) is 5.69 Å². The number of rotatable bonds is 4. The average Bonchev–Trinajstić information content (AvgIpc) is 2.87. The van der Waals surface area contributed by atoms with Crippen molar-refractivity contribution >= 4 is 5.78 Å². The smallest absolute Gasteiger partial charge is 0.192 e. The first-order chi connectivity index (χ1) is 7.31. The van der Waals surface area contributed by atoms with Gasteiger partial charge in [-0.25, -0.2) is 4.98 Å². The zero-order chi connectivity index (χ0) is 10.7. The van der Waals surface area contributed by atoms with Crippen molar-refractivity contribution < 1.29 is 4.79 Å². The third kappa shape index (κ3) is 1.93. The van der Waals surface area contributed by atoms with Crippen molar-refractivity contribution in [3.63, 3.8) is 0 Å². The van der Waals surface area contributed by atoms with E-state index in [-0.39, 0.29) is 12.2 Å². The van der Waals surface area contributed by atoms with Gasteiger partial charge in [-0.05, 0) is 6.92 Å². The number of nitrogens with zero attached hydrogens (tertiary/aromatic N) is 4. The van der Waals surface area contributed by atoms with E-state index >= 15 is 0 Å². The van der Waals surface area contributed by atoms with Gasteiger partial charge < -0.3 is 4.57 Å². The predicted molar refractivity (Wildman–Crippen MR) is 52.3 cm³/mol. The second-order valence-electron chi connectivity index (χ2n) is 3.08. The molecular formula is C9H11N5O. The van der Waals surface area contributed by atoms with Crippen LogP contribution in [0, 0.1) is 0 Å². The molecule has 0 aliphatic rings. The first kappa shape index (κ1) is 9.57. The molecule has 0 atom stereocenters. The Morgan fingerprint density at radius 3 is 3.13 bits per heavy atom. The van der Waals surface area contributed by atoms with Crippen LogP contribution in [-0.4, -0.2) is 30.7 Å². The van der Waals surface area contributed by atoms with Gasteiger partial charge in [-0.3, -0.25) is 4.79 Å². The molecule has 0 bridgehead atoms. The first-order valence-electron chi connectivity index (χ1n) is 4.70. The zero-order valence-electron chi connectivity index (χ0n) is 8.34. The second-order valence-corrected chi connectivity index (χ2v) is 3.08. The number of ketones is 1. The van der Waals surface area contributed by atoms with Gasteiger partial charge in [0.1, 0.15) is 11.5 Å². The maximum Gasteiger partial charge on any atom is 0.192 e. The fourth-order valence-corrected chi connectivity index (χ4v) is 1.37. The van der Waals surface area contributed by atoms with Gasteiger partial charge >= 0.3 is 0 Å². The minimum Gasteiger partial charge on any atom is -0.335 e. The summed E-state index contributed by atoms with van der Waals surface area (Å²) in [6.07, 6.45) is 5.22. The van der Waals surface area contributed by atoms with E-state index in [0.717, 1.165) is 12.4 Å². The molecule has 0 saturated heterocycles. The van der Waals surface area contributed by atoms with E-state index in [4.69, 9.17) is 0 Å². The van der Waals surface area contributed by atoms with Crippen LogP contribution in [0.3, 0.4) is 0 Å². The van der Waals surface area contributed by atoms with Crippen LogP contribution in [0.4, 0.5) is 0 Å². The van der Waals surface area contributed by atoms with Gasteiger partial charge in [0.25, 0.3) is 0 Å². The first-order valence-corrected chi connectivity index (χ1v) is 4.70. The molecule has 0 aromatic carbocycles. The van der Waals surface area contributed by atoms with Crippen LogP contribution in [-0.2, 0) is 13.0 Å². The van der Waals surface area contributed by atoms with E-state index < -0.39 is 0 Å². The van der Waals surface area contributed by atoms with Crippen LogP contribution in [0.1, 0.15) is 23.2 Å². The van der Waals surface area contributed by atoms with E-state index in [9.17, 15) is 4.79 Å². The summed E-state index contributed by atoms with van der Waals surface area (Å²) >= 11 is 0. The largest absolute Gasteiger partial charge is 0.335 e. The number of aromatic nitrogens is 5. The Morgan fingerprint density at radius 1 is 1.60 bits per heavy atom. The summed E-state index contributed by atoms with van der Waals surface area (Å²) in [4.78, 5) is 15.8. The lowest BCUT2D eigenvalue weighted by Crippen LogP contribution is -2.09. The summed E-state index contributed by atoms with van der Waals surface area (Å²) in [6, 6.07) is 0. The number of aryl methyl sites for hydroxylation is 1. The summed E-state index contributed by atoms with van der Waals surface area (Å²) in [5.41, 5.74) is 0.348. The van der Waals surface area contributed by atoms with Crippen molar-refractivity contribution in [1.82, 2.24) is 25.0 Å². The van der Waals surface area contributed by atoms with Gasteiger partial charge in [-0.2, -0.15) is 15.4 Å². The second kappa shape index (κ2) is 4.04. The molecule has 0 radical (unpaired) electrons. The predicted octanol–water partition coefficient (Wildman–Crippen LogP) is 0.446. The van der Waals surface area contributed by atoms with Gasteiger partial charge in [0.2, 0.25) is 0 Å². The van der Waals surface area contributed by atoms with Crippen LogP contribution in [0.15, 0.2) is 18.6 Å². The number of H-pyrrole nitrogens is 1. The Bertz CT molecular complexity index is 445. The Balaban J connectivity index is 2.13. The summed E-state index contributed by atoms with van der Waals surface area (Å²) < 4.78 is 1.93. The van der Waals surface area contributed by atoms with Gasteiger partial charge in [-0.15, -0.1) is 0 Å². The lowest BCUT2D eigenvalue weighted by Gasteiger charge is -2.01. The van der Waals surface area contributed by atoms with Crippen LogP contribution >= 0.6 is 0 Å². The van der Waals surface area contributed by atoms with Crippen molar-refractivity contribution in [2.75, 3.05) is 0 Å². The third-order valence-corrected chi connectivity index (χ3v) is 2.16. The molecule has 1 N–H and O–H groups in total. The van der Waals surface area contributed by atoms with Gasteiger partial charge in [0.15, 0.2) is 5.78 Å². The molecule has 2 aromatic rings. The van der Waals surface area contributed by atoms with Crippen molar-refractivity contribution in [2.24, 2.45) is 0 Å². The Hall–Kier alpha value is -1.98. The highest BCUT2D eigenvalue weighted by Crippen LogP contribution is 2.03. The summed E-state index contributed by atoms with van der Waals surface area (Å²) in [7, 11) is 0. The minimum atomic E-state index is -0.0790. The van der Waals surface area contributed by atoms with Crippen LogP contribution in [0.5, 0.6) is 0 Å². The summed E-state index contributed by atoms with van der Waals surface area (Å²) in [5, 5.41) is 9.73. The number of imidazole rings is 1. The van der Waals surface area contributed by atoms with Gasteiger partial charge in [-0.1, -0.05) is 0 Å². The molecule has 2 heterocycles. The molecule has 0 amide bonds. The number of aromatic amines is 1. The summed E-state index contributed by atoms with van der Waals surface area (Å²) in [6.45, 7) is 2.81. The van der Waals surface area contributed by atoms with Crippen molar-refractivity contribution in [2.45, 2.75) is 19.9 Å². The minimum absolute atomic E-state index is 0.0790. The van der Waals surface area contributed by atoms with Crippen LogP contribution < -0.4 is 0 Å². The highest BCUT2D eigenvalue weighted by molar-refractivity contribution is 5.94. The van der Waals surface area contributed by atoms with Gasteiger partial charge in [0.05, 0.1) is 12.6 Å². The quantitative estimate of drug-likeness (QED) is 0.735. The van der Waals surface area contributed by atoms with E-state index in [1.54, 1.807) is 6.20 Å². The molecule has 0 saturated carbocycles. The number of Topliss-reactive ketones (excluding diaryl/α,β-unsaturated/α-hetero) is 1. The van der Waals surface area contributed by atoms with Crippen LogP contribution in [0.2, 0.25) is 0 Å². The van der Waals surface area contributed by atoms with Crippen molar-refractivity contribution in [3.05, 3.63) is 30.1 Å². The molecule has 0 fully saturated rings. The SMILES string of the molecule is CCn1ccnc1CC(=O)c1cn[nH]n1. The number of hydrogen-bond acceptors (Lipinski definition) is 4. The van der Waals surface area contributed by atoms with E-state index in [1.165, 1.54) is 6.20 Å². The van der Waals surface area contributed by atoms with Crippen LogP contribution in [0.25, 0.3) is 0 Å². The fourth-order valence-electron chi connectivity index (χ4n) is 1.37. The lowest BCUT2D eigenvalue weighted by atomic mass is 10.2. The fraction of sp³-hybridized carbons (Fsp3) is 0.333. The Kier molecular flexibility index (Phi) is 2.57. The molecule has 2 rings (SSSR count). The Morgan fingerprint density at radius 2 is 2.47 bits per heavy atom. The number of nitrogens with one attached hydrogen (secondary N) is 1. The molecule has 6 heteroatoms. The van der Waals surface area contributed by atoms with Gasteiger partial charge in [0, 0.05) is 18.9 Å². The average molecular weight is 205 g/mol. The molecule has 6 nitrogen and oxygen atoms in total. The molecule has 0 aliphatic carbocycles. The van der Waals surface area contributed by atoms with Crippen molar-refractivity contribution in [1.29, 1.82) is 0 Å². The number of carbonyl (C=O) groups excluding carboxylic acids is 1. The molecule has 0 aliphatic heterocycles. The maximum atomic E-state index is 11.7. The molecule has 0 unspecified atom stereocenters. The van der Waals surface area contributed by atoms with E-state index in [1.807, 2.05) is 17.7 Å². The standard InChI is InChI=1S/C9H11N5O/c1-2-14-4-3-10-9(14)5-8(15)7-6-11-13-12-7/h3-4,6H,2,5H2,1H3,(H,11,12,13). The maximum absolute atomic E-state index is 11.7. The third-order valence-electron chi connectivity index (χ3n) is 2.16. The number of carbonyl (C=O) groups is 1. The number of hydrogen-bond donors (Lipinski definition) is 1. The highest BCUT2D eigenvalue weighted by Gasteiger charge is 2.12.